The molecule has 0 saturated carbocycles. The molecular weight excluding hydrogens is 328 g/mol. The number of amides is 1. The number of furan rings is 1. The van der Waals surface area contributed by atoms with Gasteiger partial charge in [-0.1, -0.05) is 11.2 Å². The van der Waals surface area contributed by atoms with Gasteiger partial charge in [-0.3, -0.25) is 20.2 Å². The molecular formula is C16H14N4O5. The minimum atomic E-state index is -0.585. The summed E-state index contributed by atoms with van der Waals surface area (Å²) in [5, 5.41) is 21.0. The average molecular weight is 342 g/mol. The van der Waals surface area contributed by atoms with Gasteiger partial charge in [0.2, 0.25) is 0 Å². The molecule has 0 unspecified atom stereocenters. The lowest BCUT2D eigenvalue weighted by Crippen LogP contribution is -2.12. The third-order valence-electron chi connectivity index (χ3n) is 3.58. The highest BCUT2D eigenvalue weighted by Gasteiger charge is 2.18. The minimum Gasteiger partial charge on any atom is -0.466 e. The number of anilines is 1. The number of nitrogens with zero attached hydrogens (tertiary/aromatic N) is 3. The smallest absolute Gasteiger partial charge is 0.322 e. The number of hydrogen-bond acceptors (Lipinski definition) is 7. The topological polar surface area (TPSA) is 124 Å². The van der Waals surface area contributed by atoms with Crippen LogP contribution >= 0.6 is 0 Å². The number of hydrogen-bond donors (Lipinski definition) is 1. The van der Waals surface area contributed by atoms with Crippen LogP contribution in [0.15, 0.2) is 33.1 Å². The second-order valence-corrected chi connectivity index (χ2v) is 5.45. The number of nitrogens with one attached hydrogen (secondary N) is 1. The van der Waals surface area contributed by atoms with Gasteiger partial charge >= 0.3 is 6.01 Å². The van der Waals surface area contributed by atoms with Crippen molar-refractivity contribution in [1.82, 2.24) is 10.2 Å². The fourth-order valence-corrected chi connectivity index (χ4v) is 2.34. The van der Waals surface area contributed by atoms with Crippen molar-refractivity contribution >= 4 is 17.6 Å². The summed E-state index contributed by atoms with van der Waals surface area (Å²) in [6, 6.07) is 5.83. The maximum atomic E-state index is 12.2. The lowest BCUT2D eigenvalue weighted by molar-refractivity contribution is -0.385. The van der Waals surface area contributed by atoms with Crippen molar-refractivity contribution in [2.45, 2.75) is 20.8 Å². The van der Waals surface area contributed by atoms with E-state index >= 15 is 0 Å². The van der Waals surface area contributed by atoms with Crippen LogP contribution in [0, 0.1) is 30.9 Å². The van der Waals surface area contributed by atoms with Crippen molar-refractivity contribution in [1.29, 1.82) is 0 Å². The van der Waals surface area contributed by atoms with Gasteiger partial charge in [-0.15, -0.1) is 5.10 Å². The second-order valence-electron chi connectivity index (χ2n) is 5.45. The molecule has 1 aromatic carbocycles. The third-order valence-corrected chi connectivity index (χ3v) is 3.58. The summed E-state index contributed by atoms with van der Waals surface area (Å²) < 4.78 is 10.8. The summed E-state index contributed by atoms with van der Waals surface area (Å²) in [5.41, 5.74) is 1.08. The van der Waals surface area contributed by atoms with Crippen molar-refractivity contribution in [2.75, 3.05) is 5.32 Å². The van der Waals surface area contributed by atoms with E-state index in [0.29, 0.717) is 22.6 Å². The Balaban J connectivity index is 1.81. The Bertz CT molecular complexity index is 973. The van der Waals surface area contributed by atoms with Gasteiger partial charge in [0.25, 0.3) is 17.5 Å². The predicted molar refractivity (Wildman–Crippen MR) is 87.3 cm³/mol. The van der Waals surface area contributed by atoms with Gasteiger partial charge in [-0.2, -0.15) is 0 Å². The lowest BCUT2D eigenvalue weighted by Gasteiger charge is -2.02. The fourth-order valence-electron chi connectivity index (χ4n) is 2.34. The molecule has 0 aliphatic rings. The molecule has 3 rings (SSSR count). The molecule has 1 amide bonds. The molecule has 0 spiro atoms. The summed E-state index contributed by atoms with van der Waals surface area (Å²) in [5.74, 6) is 0.939. The standard InChI is InChI=1S/C16H14N4O5/c1-8-4-5-11(7-13(8)20(22)23)14(21)17-16-19-18-15(25-16)12-6-9(2)24-10(12)3/h4-7H,1-3H3,(H,17,19,21). The van der Waals surface area contributed by atoms with Crippen LogP contribution in [0.5, 0.6) is 0 Å². The van der Waals surface area contributed by atoms with Gasteiger partial charge in [-0.25, -0.2) is 0 Å². The molecule has 0 saturated heterocycles. The number of carbonyl (C=O) groups excluding carboxylic acids is 1. The Kier molecular flexibility index (Phi) is 4.05. The van der Waals surface area contributed by atoms with E-state index in [0.717, 1.165) is 0 Å². The maximum absolute atomic E-state index is 12.2. The highest BCUT2D eigenvalue weighted by atomic mass is 16.6. The Hall–Kier alpha value is -3.49. The summed E-state index contributed by atoms with van der Waals surface area (Å²) in [6.07, 6.45) is 0. The molecule has 1 N–H and O–H groups in total. The van der Waals surface area contributed by atoms with E-state index in [1.165, 1.54) is 18.2 Å². The Morgan fingerprint density at radius 2 is 1.92 bits per heavy atom. The molecule has 0 atom stereocenters. The van der Waals surface area contributed by atoms with Crippen LogP contribution < -0.4 is 5.32 Å². The first-order chi connectivity index (χ1) is 11.8. The van der Waals surface area contributed by atoms with Crippen LogP contribution in [0.4, 0.5) is 11.7 Å². The number of benzene rings is 1. The van der Waals surface area contributed by atoms with Crippen LogP contribution in [0.3, 0.4) is 0 Å². The Labute approximate surface area is 141 Å². The zero-order chi connectivity index (χ0) is 18.1. The first kappa shape index (κ1) is 16.4. The Morgan fingerprint density at radius 3 is 2.56 bits per heavy atom. The Morgan fingerprint density at radius 1 is 1.16 bits per heavy atom. The van der Waals surface area contributed by atoms with E-state index in [4.69, 9.17) is 8.83 Å². The average Bonchev–Trinajstić information content (AvgIpc) is 3.13. The monoisotopic (exact) mass is 342 g/mol. The van der Waals surface area contributed by atoms with Gasteiger partial charge < -0.3 is 8.83 Å². The number of carbonyl (C=O) groups is 1. The number of rotatable bonds is 4. The molecule has 0 fully saturated rings. The molecule has 0 aliphatic heterocycles. The number of aromatic nitrogens is 2. The van der Waals surface area contributed by atoms with Crippen LogP contribution in [-0.2, 0) is 0 Å². The van der Waals surface area contributed by atoms with Crippen molar-refractivity contribution in [2.24, 2.45) is 0 Å². The number of nitro groups is 1. The van der Waals surface area contributed by atoms with Crippen molar-refractivity contribution in [3.63, 3.8) is 0 Å². The van der Waals surface area contributed by atoms with E-state index in [9.17, 15) is 14.9 Å². The molecule has 9 heteroatoms. The van der Waals surface area contributed by atoms with Crippen LogP contribution in [0.25, 0.3) is 11.5 Å². The van der Waals surface area contributed by atoms with E-state index < -0.39 is 10.8 Å². The normalized spacial score (nSPS) is 10.7. The zero-order valence-electron chi connectivity index (χ0n) is 13.7. The molecule has 0 aliphatic carbocycles. The van der Waals surface area contributed by atoms with Gasteiger partial charge in [0.05, 0.1) is 10.5 Å². The van der Waals surface area contributed by atoms with E-state index in [1.807, 2.05) is 0 Å². The van der Waals surface area contributed by atoms with E-state index in [-0.39, 0.29) is 23.2 Å². The summed E-state index contributed by atoms with van der Waals surface area (Å²) in [4.78, 5) is 22.7. The minimum absolute atomic E-state index is 0.110. The quantitative estimate of drug-likeness (QED) is 0.569. The number of nitro benzene ring substituents is 1. The summed E-state index contributed by atoms with van der Waals surface area (Å²) in [7, 11) is 0. The first-order valence-electron chi connectivity index (χ1n) is 7.32. The van der Waals surface area contributed by atoms with Gasteiger partial charge in [0.1, 0.15) is 11.5 Å². The lowest BCUT2D eigenvalue weighted by atomic mass is 10.1. The largest absolute Gasteiger partial charge is 0.466 e. The van der Waals surface area contributed by atoms with E-state index in [1.54, 1.807) is 26.8 Å². The van der Waals surface area contributed by atoms with Crippen molar-refractivity contribution < 1.29 is 18.6 Å². The zero-order valence-corrected chi connectivity index (χ0v) is 13.7. The van der Waals surface area contributed by atoms with Crippen LogP contribution in [0.1, 0.15) is 27.4 Å². The SMILES string of the molecule is Cc1cc(-c2nnc(NC(=O)c3ccc(C)c([N+](=O)[O-])c3)o2)c(C)o1. The van der Waals surface area contributed by atoms with Gasteiger partial charge in [0, 0.05) is 17.2 Å². The molecule has 0 radical (unpaired) electrons. The molecule has 3 aromatic rings. The third kappa shape index (κ3) is 3.25. The van der Waals surface area contributed by atoms with Crippen molar-refractivity contribution in [3.8, 4) is 11.5 Å². The molecule has 2 heterocycles. The molecule has 9 nitrogen and oxygen atoms in total. The van der Waals surface area contributed by atoms with Gasteiger partial charge in [0.15, 0.2) is 0 Å². The highest BCUT2D eigenvalue weighted by Crippen LogP contribution is 2.26. The highest BCUT2D eigenvalue weighted by molar-refractivity contribution is 6.03. The maximum Gasteiger partial charge on any atom is 0.322 e. The molecule has 128 valence electrons. The fraction of sp³-hybridized carbons (Fsp3) is 0.188. The van der Waals surface area contributed by atoms with E-state index in [2.05, 4.69) is 15.5 Å². The molecule has 2 aromatic heterocycles. The van der Waals surface area contributed by atoms with Gasteiger partial charge in [-0.05, 0) is 32.9 Å². The number of aryl methyl sites for hydroxylation is 3. The van der Waals surface area contributed by atoms with Crippen LogP contribution in [0.2, 0.25) is 0 Å². The van der Waals surface area contributed by atoms with Crippen LogP contribution in [-0.4, -0.2) is 21.0 Å². The second kappa shape index (κ2) is 6.19. The molecule has 25 heavy (non-hydrogen) atoms. The van der Waals surface area contributed by atoms with Crippen molar-refractivity contribution in [3.05, 3.63) is 57.0 Å². The first-order valence-corrected chi connectivity index (χ1v) is 7.32. The summed E-state index contributed by atoms with van der Waals surface area (Å²) in [6.45, 7) is 5.15. The molecule has 0 bridgehead atoms. The predicted octanol–water partition coefficient (Wildman–Crippen LogP) is 3.42. The summed E-state index contributed by atoms with van der Waals surface area (Å²) >= 11 is 0.